The zero-order valence-electron chi connectivity index (χ0n) is 11.6. The first-order chi connectivity index (χ1) is 11.0. The largest absolute Gasteiger partial charge is 0.382 e. The summed E-state index contributed by atoms with van der Waals surface area (Å²) < 4.78 is 0.512. The highest BCUT2D eigenvalue weighted by atomic mass is 79.9. The lowest BCUT2D eigenvalue weighted by atomic mass is 10.2. The molecule has 0 bridgehead atoms. The number of nitrogens with two attached hydrogens (primary N) is 2. The van der Waals surface area contributed by atoms with Crippen LogP contribution in [0.2, 0.25) is 10.3 Å². The molecule has 3 rings (SSSR count). The number of rotatable bonds is 1. The predicted octanol–water partition coefficient (Wildman–Crippen LogP) is 3.85. The Morgan fingerprint density at radius 2 is 1.39 bits per heavy atom. The second kappa shape index (κ2) is 8.05. The predicted molar refractivity (Wildman–Crippen MR) is 96.0 cm³/mol. The number of aromatic nitrogens is 4. The highest BCUT2D eigenvalue weighted by molar-refractivity contribution is 9.10. The van der Waals surface area contributed by atoms with E-state index >= 15 is 0 Å². The first-order valence-electron chi connectivity index (χ1n) is 6.24. The normalized spacial score (nSPS) is 9.87. The third-order valence-corrected chi connectivity index (χ3v) is 3.84. The van der Waals surface area contributed by atoms with Gasteiger partial charge in [-0.25, -0.2) is 19.9 Å². The van der Waals surface area contributed by atoms with Gasteiger partial charge in [0.15, 0.2) is 10.3 Å². The maximum atomic E-state index is 5.91. The van der Waals surface area contributed by atoms with Gasteiger partial charge >= 0.3 is 0 Å². The van der Waals surface area contributed by atoms with Crippen molar-refractivity contribution in [3.8, 4) is 11.3 Å². The van der Waals surface area contributed by atoms with Gasteiger partial charge in [-0.2, -0.15) is 0 Å². The maximum Gasteiger partial charge on any atom is 0.164 e. The lowest BCUT2D eigenvalue weighted by molar-refractivity contribution is 1.17. The number of halogens is 3. The average molecular weight is 414 g/mol. The summed E-state index contributed by atoms with van der Waals surface area (Å²) in [6.07, 6.45) is 2.92. The van der Waals surface area contributed by atoms with E-state index in [2.05, 4.69) is 35.9 Å². The van der Waals surface area contributed by atoms with Crippen LogP contribution in [0, 0.1) is 0 Å². The highest BCUT2D eigenvalue weighted by Gasteiger charge is 2.05. The third-order valence-electron chi connectivity index (χ3n) is 2.50. The summed E-state index contributed by atoms with van der Waals surface area (Å²) in [5.41, 5.74) is 12.3. The number of hydrogen-bond donors (Lipinski definition) is 2. The fraction of sp³-hybridized carbons (Fsp3) is 0. The molecule has 0 amide bonds. The minimum Gasteiger partial charge on any atom is -0.382 e. The third kappa shape index (κ3) is 5.02. The van der Waals surface area contributed by atoms with Crippen LogP contribution in [0.15, 0.2) is 47.3 Å². The summed E-state index contributed by atoms with van der Waals surface area (Å²) in [5, 5.41) is 0.617. The Kier molecular flexibility index (Phi) is 6.09. The van der Waals surface area contributed by atoms with Gasteiger partial charge in [0, 0.05) is 5.56 Å². The summed E-state index contributed by atoms with van der Waals surface area (Å²) in [5.74, 6) is 0.651. The molecule has 0 saturated carbocycles. The van der Waals surface area contributed by atoms with Crippen molar-refractivity contribution in [3.05, 3.63) is 57.6 Å². The van der Waals surface area contributed by atoms with Crippen LogP contribution in [0.25, 0.3) is 11.3 Å². The average Bonchev–Trinajstić information content (AvgIpc) is 2.53. The molecule has 0 aliphatic heterocycles. The Labute approximate surface area is 151 Å². The molecule has 0 aliphatic rings. The molecule has 0 spiro atoms. The molecular formula is C14H11BrCl2N6. The minimum absolute atomic E-state index is 0.287. The maximum absolute atomic E-state index is 5.91. The molecule has 0 unspecified atom stereocenters. The van der Waals surface area contributed by atoms with Crippen molar-refractivity contribution in [2.75, 3.05) is 11.5 Å². The van der Waals surface area contributed by atoms with Crippen molar-refractivity contribution in [1.82, 2.24) is 19.9 Å². The summed E-state index contributed by atoms with van der Waals surface area (Å²) >= 11 is 14.5. The summed E-state index contributed by atoms with van der Waals surface area (Å²) in [6.45, 7) is 0. The smallest absolute Gasteiger partial charge is 0.164 e. The van der Waals surface area contributed by atoms with Gasteiger partial charge in [-0.1, -0.05) is 53.5 Å². The molecule has 9 heteroatoms. The van der Waals surface area contributed by atoms with E-state index in [1.165, 1.54) is 12.4 Å². The van der Waals surface area contributed by atoms with E-state index in [4.69, 9.17) is 34.7 Å². The standard InChI is InChI=1S/C10H8ClN3.C4H3BrClN3/c11-10-9(13-6-8(12)14-10)7-4-2-1-3-5-7;5-3-4(6)9-2(7)1-8-3/h1-6H,(H2,12,14);1H,(H2,7,9). The molecule has 0 fully saturated rings. The molecular weight excluding hydrogens is 403 g/mol. The van der Waals surface area contributed by atoms with Crippen molar-refractivity contribution in [2.24, 2.45) is 0 Å². The molecule has 0 saturated heterocycles. The number of nitrogens with zero attached hydrogens (tertiary/aromatic N) is 4. The van der Waals surface area contributed by atoms with Crippen LogP contribution in [0.4, 0.5) is 11.6 Å². The van der Waals surface area contributed by atoms with Gasteiger partial charge in [0.25, 0.3) is 0 Å². The topological polar surface area (TPSA) is 104 Å². The molecule has 0 radical (unpaired) electrons. The SMILES string of the molecule is Nc1cnc(-c2ccccc2)c(Cl)n1.Nc1cnc(Br)c(Cl)n1. The van der Waals surface area contributed by atoms with Crippen LogP contribution in [0.3, 0.4) is 0 Å². The lowest BCUT2D eigenvalue weighted by Gasteiger charge is -2.02. The van der Waals surface area contributed by atoms with Crippen LogP contribution < -0.4 is 11.5 Å². The zero-order valence-corrected chi connectivity index (χ0v) is 14.7. The molecule has 2 aromatic heterocycles. The first-order valence-corrected chi connectivity index (χ1v) is 7.79. The molecule has 23 heavy (non-hydrogen) atoms. The first kappa shape index (κ1) is 17.4. The minimum atomic E-state index is 0.287. The Balaban J connectivity index is 0.000000185. The van der Waals surface area contributed by atoms with Gasteiger partial charge in [0.05, 0.1) is 12.4 Å². The Morgan fingerprint density at radius 3 is 1.91 bits per heavy atom. The van der Waals surface area contributed by atoms with E-state index in [1.807, 2.05) is 30.3 Å². The van der Waals surface area contributed by atoms with Crippen LogP contribution in [-0.4, -0.2) is 19.9 Å². The van der Waals surface area contributed by atoms with Gasteiger partial charge < -0.3 is 11.5 Å². The fourth-order valence-electron chi connectivity index (χ4n) is 1.53. The van der Waals surface area contributed by atoms with E-state index in [1.54, 1.807) is 0 Å². The lowest BCUT2D eigenvalue weighted by Crippen LogP contribution is -1.94. The number of hydrogen-bond acceptors (Lipinski definition) is 6. The van der Waals surface area contributed by atoms with Crippen molar-refractivity contribution in [1.29, 1.82) is 0 Å². The van der Waals surface area contributed by atoms with Crippen molar-refractivity contribution in [3.63, 3.8) is 0 Å². The van der Waals surface area contributed by atoms with Gasteiger partial charge in [-0.05, 0) is 15.9 Å². The Hall–Kier alpha value is -1.96. The Morgan fingerprint density at radius 1 is 0.826 bits per heavy atom. The fourth-order valence-corrected chi connectivity index (χ4v) is 2.13. The van der Waals surface area contributed by atoms with E-state index in [-0.39, 0.29) is 5.15 Å². The highest BCUT2D eigenvalue weighted by Crippen LogP contribution is 2.23. The van der Waals surface area contributed by atoms with Gasteiger partial charge in [0.1, 0.15) is 21.9 Å². The van der Waals surface area contributed by atoms with Crippen LogP contribution >= 0.6 is 39.1 Å². The van der Waals surface area contributed by atoms with Crippen LogP contribution in [0.1, 0.15) is 0 Å². The zero-order chi connectivity index (χ0) is 16.8. The second-order valence-electron chi connectivity index (χ2n) is 4.18. The quantitative estimate of drug-likeness (QED) is 0.627. The van der Waals surface area contributed by atoms with Crippen LogP contribution in [0.5, 0.6) is 0 Å². The second-order valence-corrected chi connectivity index (χ2v) is 5.64. The van der Waals surface area contributed by atoms with Crippen molar-refractivity contribution in [2.45, 2.75) is 0 Å². The monoisotopic (exact) mass is 412 g/mol. The molecule has 1 aromatic carbocycles. The summed E-state index contributed by atoms with van der Waals surface area (Å²) in [7, 11) is 0. The van der Waals surface area contributed by atoms with E-state index in [0.29, 0.717) is 27.1 Å². The van der Waals surface area contributed by atoms with E-state index < -0.39 is 0 Å². The molecule has 6 nitrogen and oxygen atoms in total. The number of nitrogen functional groups attached to an aromatic ring is 2. The summed E-state index contributed by atoms with van der Waals surface area (Å²) in [4.78, 5) is 15.5. The molecule has 0 aliphatic carbocycles. The van der Waals surface area contributed by atoms with E-state index in [9.17, 15) is 0 Å². The van der Waals surface area contributed by atoms with Gasteiger partial charge in [-0.15, -0.1) is 0 Å². The molecule has 0 atom stereocenters. The van der Waals surface area contributed by atoms with Gasteiger partial charge in [-0.3, -0.25) is 0 Å². The number of anilines is 2. The molecule has 2 heterocycles. The Bertz CT molecular complexity index is 801. The van der Waals surface area contributed by atoms with Gasteiger partial charge in [0.2, 0.25) is 0 Å². The number of benzene rings is 1. The van der Waals surface area contributed by atoms with Crippen LogP contribution in [-0.2, 0) is 0 Å². The molecule has 3 aromatic rings. The molecule has 4 N–H and O–H groups in total. The molecule has 118 valence electrons. The summed E-state index contributed by atoms with van der Waals surface area (Å²) in [6, 6.07) is 9.62. The van der Waals surface area contributed by atoms with Crippen molar-refractivity contribution >= 4 is 50.8 Å². The van der Waals surface area contributed by atoms with E-state index in [0.717, 1.165) is 5.56 Å². The van der Waals surface area contributed by atoms with Crippen molar-refractivity contribution < 1.29 is 0 Å².